The predicted octanol–water partition coefficient (Wildman–Crippen LogP) is -0.297. The number of rotatable bonds is 8. The number of nitrogens with two attached hydrogens (primary N) is 2. The molecule has 172 valence electrons. The van der Waals surface area contributed by atoms with Gasteiger partial charge in [0, 0.05) is 28.9 Å². The van der Waals surface area contributed by atoms with Gasteiger partial charge in [-0.1, -0.05) is 11.8 Å². The molecule has 3 amide bonds. The lowest BCUT2D eigenvalue weighted by Gasteiger charge is -2.22. The molecule has 0 heterocycles. The van der Waals surface area contributed by atoms with E-state index in [1.807, 2.05) is 24.3 Å². The quantitative estimate of drug-likeness (QED) is 0.185. The normalized spacial score (nSPS) is 13.6. The topological polar surface area (TPSA) is 150 Å². The lowest BCUT2D eigenvalue weighted by Crippen LogP contribution is -2.93. The molecule has 0 unspecified atom stereocenters. The van der Waals surface area contributed by atoms with Crippen molar-refractivity contribution in [2.45, 2.75) is 31.3 Å². The Bertz CT molecular complexity index is 1040. The van der Waals surface area contributed by atoms with Crippen LogP contribution in [0.5, 0.6) is 0 Å². The second-order valence-corrected chi connectivity index (χ2v) is 7.82. The van der Waals surface area contributed by atoms with Crippen molar-refractivity contribution >= 4 is 23.4 Å². The fourth-order valence-electron chi connectivity index (χ4n) is 3.20. The first-order chi connectivity index (χ1) is 16.0. The molecule has 8 N–H and O–H groups in total. The Kier molecular flexibility index (Phi) is 8.55. The smallest absolute Gasteiger partial charge is 0.279 e. The van der Waals surface area contributed by atoms with Gasteiger partial charge in [0.05, 0.1) is 6.04 Å². The fraction of sp³-hybridized carbons (Fsp3) is 0.292. The van der Waals surface area contributed by atoms with Crippen LogP contribution in [0.1, 0.15) is 40.7 Å². The van der Waals surface area contributed by atoms with E-state index in [1.54, 1.807) is 24.3 Å². The molecule has 2 aromatic rings. The Hall–Kier alpha value is -3.71. The molecule has 1 aliphatic rings. The van der Waals surface area contributed by atoms with Gasteiger partial charge in [-0.2, -0.15) is 0 Å². The minimum Gasteiger partial charge on any atom is -0.339 e. The fourth-order valence-corrected chi connectivity index (χ4v) is 3.20. The molecule has 1 aliphatic carbocycles. The van der Waals surface area contributed by atoms with Gasteiger partial charge < -0.3 is 21.7 Å². The summed E-state index contributed by atoms with van der Waals surface area (Å²) >= 11 is 0. The number of amides is 3. The summed E-state index contributed by atoms with van der Waals surface area (Å²) in [4.78, 5) is 35.7. The molecule has 3 rings (SSSR count). The third kappa shape index (κ3) is 7.15. The van der Waals surface area contributed by atoms with Crippen molar-refractivity contribution in [1.29, 1.82) is 0 Å². The molecule has 1 fully saturated rings. The van der Waals surface area contributed by atoms with Crippen LogP contribution in [0.3, 0.4) is 0 Å². The number of carbonyl (C=O) groups excluding carboxylic acids is 3. The van der Waals surface area contributed by atoms with Crippen LogP contribution in [0.4, 0.5) is 5.69 Å². The Morgan fingerprint density at radius 1 is 1.03 bits per heavy atom. The van der Waals surface area contributed by atoms with Crippen LogP contribution in [-0.4, -0.2) is 48.1 Å². The largest absolute Gasteiger partial charge is 0.339 e. The first kappa shape index (κ1) is 23.9. The van der Waals surface area contributed by atoms with Crippen molar-refractivity contribution in [2.75, 3.05) is 18.4 Å². The van der Waals surface area contributed by atoms with Gasteiger partial charge in [0.15, 0.2) is 6.54 Å². The molecule has 9 heteroatoms. The van der Waals surface area contributed by atoms with Crippen LogP contribution in [0.2, 0.25) is 0 Å². The monoisotopic (exact) mass is 450 g/mol. The molecule has 1 atom stereocenters. The Balaban J connectivity index is 1.52. The minimum absolute atomic E-state index is 0.0142. The molecule has 0 saturated heterocycles. The number of benzene rings is 2. The number of hydrogen-bond acceptors (Lipinski definition) is 5. The van der Waals surface area contributed by atoms with Crippen molar-refractivity contribution in [3.63, 3.8) is 0 Å². The first-order valence-corrected chi connectivity index (χ1v) is 10.8. The van der Waals surface area contributed by atoms with E-state index in [0.29, 0.717) is 23.7 Å². The summed E-state index contributed by atoms with van der Waals surface area (Å²) in [7, 11) is 0. The number of hydrogen-bond donors (Lipinski definition) is 6. The Morgan fingerprint density at radius 3 is 2.15 bits per heavy atom. The molecule has 0 spiro atoms. The highest BCUT2D eigenvalue weighted by atomic mass is 16.5. The highest BCUT2D eigenvalue weighted by Gasteiger charge is 2.21. The van der Waals surface area contributed by atoms with Gasteiger partial charge in [0.1, 0.15) is 6.04 Å². The zero-order valence-electron chi connectivity index (χ0n) is 18.1. The van der Waals surface area contributed by atoms with E-state index in [-0.39, 0.29) is 12.5 Å². The summed E-state index contributed by atoms with van der Waals surface area (Å²) in [5.41, 5.74) is 9.46. The summed E-state index contributed by atoms with van der Waals surface area (Å²) in [6.45, 7) is 0.283. The molecule has 1 saturated carbocycles. The van der Waals surface area contributed by atoms with Crippen molar-refractivity contribution in [1.82, 2.24) is 10.8 Å². The predicted molar refractivity (Wildman–Crippen MR) is 122 cm³/mol. The lowest BCUT2D eigenvalue weighted by molar-refractivity contribution is -0.688. The first-order valence-electron chi connectivity index (χ1n) is 10.8. The van der Waals surface area contributed by atoms with E-state index in [9.17, 15) is 14.4 Å². The third-order valence-electron chi connectivity index (χ3n) is 5.42. The number of hydroxylamine groups is 1. The van der Waals surface area contributed by atoms with Crippen LogP contribution in [0.15, 0.2) is 48.5 Å². The molecule has 9 nitrogen and oxygen atoms in total. The number of nitrogens with one attached hydrogen (secondary N) is 3. The van der Waals surface area contributed by atoms with E-state index < -0.39 is 17.9 Å². The zero-order chi connectivity index (χ0) is 23.6. The van der Waals surface area contributed by atoms with Crippen LogP contribution < -0.4 is 27.2 Å². The average molecular weight is 451 g/mol. The van der Waals surface area contributed by atoms with Crippen LogP contribution in [-0.2, 0) is 9.59 Å². The number of quaternary nitrogens is 1. The maximum absolute atomic E-state index is 12.2. The van der Waals surface area contributed by atoms with E-state index in [4.69, 9.17) is 10.9 Å². The molecule has 0 bridgehead atoms. The van der Waals surface area contributed by atoms with E-state index in [1.165, 1.54) is 24.7 Å². The van der Waals surface area contributed by atoms with Crippen LogP contribution >= 0.6 is 0 Å². The van der Waals surface area contributed by atoms with Crippen molar-refractivity contribution in [3.05, 3.63) is 65.2 Å². The molecular weight excluding hydrogens is 422 g/mol. The number of anilines is 1. The molecule has 0 radical (unpaired) electrons. The average Bonchev–Trinajstić information content (AvgIpc) is 2.80. The van der Waals surface area contributed by atoms with E-state index >= 15 is 0 Å². The lowest BCUT2D eigenvalue weighted by atomic mass is 9.93. The number of carbonyl (C=O) groups is 3. The summed E-state index contributed by atoms with van der Waals surface area (Å²) in [6.07, 6.45) is 3.63. The summed E-state index contributed by atoms with van der Waals surface area (Å²) < 4.78 is 0. The molecule has 2 aromatic carbocycles. The second-order valence-electron chi connectivity index (χ2n) is 7.82. The SMILES string of the molecule is NC[C@H](NC(=O)c1ccc(C#Cc2ccc(NC(=O)C[NH2+]C3CCC3)cc2)cc1)C(=O)NO. The summed E-state index contributed by atoms with van der Waals surface area (Å²) in [5.74, 6) is 4.77. The van der Waals surface area contributed by atoms with Gasteiger partial charge in [0.25, 0.3) is 17.7 Å². The molecule has 0 aliphatic heterocycles. The maximum atomic E-state index is 12.2. The minimum atomic E-state index is -1.03. The highest BCUT2D eigenvalue weighted by molar-refractivity contribution is 5.97. The van der Waals surface area contributed by atoms with Gasteiger partial charge >= 0.3 is 0 Å². The maximum Gasteiger partial charge on any atom is 0.279 e. The van der Waals surface area contributed by atoms with E-state index in [2.05, 4.69) is 27.8 Å². The van der Waals surface area contributed by atoms with Crippen molar-refractivity contribution in [3.8, 4) is 11.8 Å². The van der Waals surface area contributed by atoms with Crippen LogP contribution in [0.25, 0.3) is 0 Å². The molecule has 33 heavy (non-hydrogen) atoms. The van der Waals surface area contributed by atoms with Gasteiger partial charge in [-0.25, -0.2) is 5.48 Å². The van der Waals surface area contributed by atoms with Crippen LogP contribution in [0, 0.1) is 11.8 Å². The third-order valence-corrected chi connectivity index (χ3v) is 5.42. The Labute approximate surface area is 192 Å². The second kappa shape index (κ2) is 11.8. The van der Waals surface area contributed by atoms with Gasteiger partial charge in [-0.15, -0.1) is 0 Å². The summed E-state index contributed by atoms with van der Waals surface area (Å²) in [5, 5.41) is 16.1. The zero-order valence-corrected chi connectivity index (χ0v) is 18.1. The van der Waals surface area contributed by atoms with Crippen molar-refractivity contribution in [2.24, 2.45) is 5.73 Å². The van der Waals surface area contributed by atoms with Gasteiger partial charge in [0.2, 0.25) is 0 Å². The molecular formula is C24H28N5O4+. The van der Waals surface area contributed by atoms with Crippen molar-refractivity contribution < 1.29 is 24.9 Å². The standard InChI is InChI=1S/C24H27N5O4/c25-14-21(24(32)29-33)28-23(31)18-10-6-16(7-11-18)4-5-17-8-12-20(13-9-17)27-22(30)15-26-19-2-1-3-19/h6-13,19,21,26,33H,1-3,14-15,25H2,(H,27,30)(H,28,31)(H,29,32)/p+1/t21-/m0/s1. The Morgan fingerprint density at radius 2 is 1.64 bits per heavy atom. The highest BCUT2D eigenvalue weighted by Crippen LogP contribution is 2.14. The van der Waals surface area contributed by atoms with Gasteiger partial charge in [-0.05, 0) is 67.8 Å². The molecule has 0 aromatic heterocycles. The van der Waals surface area contributed by atoms with Gasteiger partial charge in [-0.3, -0.25) is 19.6 Å². The van der Waals surface area contributed by atoms with E-state index in [0.717, 1.165) is 11.3 Å². The summed E-state index contributed by atoms with van der Waals surface area (Å²) in [6, 6.07) is 13.4.